The molecule has 0 aliphatic heterocycles. The molecular formula is C10H12FN3. The first-order chi connectivity index (χ1) is 6.58. The maximum Gasteiger partial charge on any atom is 0.125 e. The molecule has 14 heavy (non-hydrogen) atoms. The number of nitrogens with one attached hydrogen (secondary N) is 1. The molecule has 0 aliphatic carbocycles. The highest BCUT2D eigenvalue weighted by molar-refractivity contribution is 5.78. The Labute approximate surface area is 81.1 Å². The molecule has 74 valence electrons. The summed E-state index contributed by atoms with van der Waals surface area (Å²) in [6.07, 6.45) is 0. The summed E-state index contributed by atoms with van der Waals surface area (Å²) in [5.41, 5.74) is 7.99. The van der Waals surface area contributed by atoms with E-state index in [1.807, 2.05) is 13.8 Å². The van der Waals surface area contributed by atoms with E-state index in [2.05, 4.69) is 9.97 Å². The second-order valence-corrected chi connectivity index (χ2v) is 3.53. The van der Waals surface area contributed by atoms with Crippen LogP contribution in [-0.2, 0) is 0 Å². The quantitative estimate of drug-likeness (QED) is 0.728. The Morgan fingerprint density at radius 3 is 2.86 bits per heavy atom. The molecule has 0 bridgehead atoms. The molecule has 3 N–H and O–H groups in total. The molecule has 1 aromatic heterocycles. The summed E-state index contributed by atoms with van der Waals surface area (Å²) < 4.78 is 13.0. The number of aromatic amines is 1. The topological polar surface area (TPSA) is 54.7 Å². The molecule has 0 saturated heterocycles. The monoisotopic (exact) mass is 193 g/mol. The van der Waals surface area contributed by atoms with E-state index in [-0.39, 0.29) is 11.9 Å². The summed E-state index contributed by atoms with van der Waals surface area (Å²) in [5.74, 6) is 0.434. The second kappa shape index (κ2) is 3.06. The number of H-pyrrole nitrogens is 1. The van der Waals surface area contributed by atoms with Gasteiger partial charge in [-0.15, -0.1) is 0 Å². The van der Waals surface area contributed by atoms with Gasteiger partial charge < -0.3 is 10.7 Å². The number of nitrogens with zero attached hydrogens (tertiary/aromatic N) is 1. The lowest BCUT2D eigenvalue weighted by atomic mass is 10.2. The molecule has 2 rings (SSSR count). The van der Waals surface area contributed by atoms with E-state index < -0.39 is 0 Å². The van der Waals surface area contributed by atoms with Crippen molar-refractivity contribution in [2.45, 2.75) is 19.9 Å². The highest BCUT2D eigenvalue weighted by Gasteiger charge is 2.09. The molecule has 0 spiro atoms. The van der Waals surface area contributed by atoms with Crippen LogP contribution in [0.15, 0.2) is 12.1 Å². The Balaban J connectivity index is 2.70. The molecule has 0 amide bonds. The van der Waals surface area contributed by atoms with Crippen LogP contribution >= 0.6 is 0 Å². The third-order valence-corrected chi connectivity index (χ3v) is 2.19. The van der Waals surface area contributed by atoms with Crippen molar-refractivity contribution in [1.82, 2.24) is 9.97 Å². The Kier molecular flexibility index (Phi) is 2.00. The lowest BCUT2D eigenvalue weighted by molar-refractivity contribution is 0.628. The molecule has 3 nitrogen and oxygen atoms in total. The van der Waals surface area contributed by atoms with Crippen LogP contribution in [0.4, 0.5) is 4.39 Å². The minimum atomic E-state index is -0.255. The zero-order valence-electron chi connectivity index (χ0n) is 8.13. The van der Waals surface area contributed by atoms with Crippen LogP contribution in [-0.4, -0.2) is 9.97 Å². The Morgan fingerprint density at radius 1 is 1.50 bits per heavy atom. The number of halogens is 1. The van der Waals surface area contributed by atoms with Crippen molar-refractivity contribution < 1.29 is 4.39 Å². The van der Waals surface area contributed by atoms with E-state index in [0.717, 1.165) is 11.1 Å². The number of hydrogen-bond acceptors (Lipinski definition) is 2. The summed E-state index contributed by atoms with van der Waals surface area (Å²) in [6, 6.07) is 2.74. The minimum absolute atomic E-state index is 0.162. The number of rotatable bonds is 1. The van der Waals surface area contributed by atoms with Crippen LogP contribution in [0.3, 0.4) is 0 Å². The van der Waals surface area contributed by atoms with Crippen molar-refractivity contribution in [2.75, 3.05) is 0 Å². The fourth-order valence-electron chi connectivity index (χ4n) is 1.48. The van der Waals surface area contributed by atoms with E-state index >= 15 is 0 Å². The lowest BCUT2D eigenvalue weighted by Gasteiger charge is -1.96. The van der Waals surface area contributed by atoms with Crippen LogP contribution in [0.5, 0.6) is 0 Å². The third kappa shape index (κ3) is 1.37. The predicted molar refractivity (Wildman–Crippen MR) is 53.4 cm³/mol. The number of hydrogen-bond donors (Lipinski definition) is 2. The lowest BCUT2D eigenvalue weighted by Crippen LogP contribution is -2.06. The van der Waals surface area contributed by atoms with E-state index in [1.165, 1.54) is 12.1 Å². The van der Waals surface area contributed by atoms with E-state index in [9.17, 15) is 4.39 Å². The van der Waals surface area contributed by atoms with Gasteiger partial charge in [-0.25, -0.2) is 9.37 Å². The molecule has 0 saturated carbocycles. The van der Waals surface area contributed by atoms with Crippen molar-refractivity contribution in [1.29, 1.82) is 0 Å². The summed E-state index contributed by atoms with van der Waals surface area (Å²) in [5, 5.41) is 0. The maximum absolute atomic E-state index is 13.0. The highest BCUT2D eigenvalue weighted by Crippen LogP contribution is 2.19. The van der Waals surface area contributed by atoms with Crippen molar-refractivity contribution in [3.8, 4) is 0 Å². The van der Waals surface area contributed by atoms with Crippen LogP contribution in [0.25, 0.3) is 11.0 Å². The molecule has 1 heterocycles. The zero-order chi connectivity index (χ0) is 10.3. The molecule has 0 fully saturated rings. The molecule has 0 unspecified atom stereocenters. The normalized spacial score (nSPS) is 13.4. The van der Waals surface area contributed by atoms with Crippen LogP contribution in [0.1, 0.15) is 24.4 Å². The van der Waals surface area contributed by atoms with E-state index in [0.29, 0.717) is 11.3 Å². The van der Waals surface area contributed by atoms with Crippen molar-refractivity contribution >= 4 is 11.0 Å². The fourth-order valence-corrected chi connectivity index (χ4v) is 1.48. The molecular weight excluding hydrogens is 181 g/mol. The van der Waals surface area contributed by atoms with Crippen LogP contribution in [0.2, 0.25) is 0 Å². The van der Waals surface area contributed by atoms with Crippen LogP contribution < -0.4 is 5.73 Å². The van der Waals surface area contributed by atoms with Crippen LogP contribution in [0, 0.1) is 12.7 Å². The molecule has 1 atom stereocenters. The summed E-state index contributed by atoms with van der Waals surface area (Å²) in [7, 11) is 0. The standard InChI is InChI=1S/C10H12FN3/c1-5-3-7(11)4-8-9(5)14-10(13-8)6(2)12/h3-4,6H,12H2,1-2H3,(H,13,14)/t6-/m1/s1. The molecule has 0 aliphatic rings. The van der Waals surface area contributed by atoms with Gasteiger partial charge >= 0.3 is 0 Å². The number of nitrogens with two attached hydrogens (primary N) is 1. The predicted octanol–water partition coefficient (Wildman–Crippen LogP) is 2.03. The van der Waals surface area contributed by atoms with Gasteiger partial charge in [0.25, 0.3) is 0 Å². The first-order valence-electron chi connectivity index (χ1n) is 4.49. The first-order valence-corrected chi connectivity index (χ1v) is 4.49. The fraction of sp³-hybridized carbons (Fsp3) is 0.300. The summed E-state index contributed by atoms with van der Waals surface area (Å²) in [6.45, 7) is 3.67. The second-order valence-electron chi connectivity index (χ2n) is 3.53. The number of imidazole rings is 1. The van der Waals surface area contributed by atoms with Gasteiger partial charge in [0.15, 0.2) is 0 Å². The number of fused-ring (bicyclic) bond motifs is 1. The third-order valence-electron chi connectivity index (χ3n) is 2.19. The Morgan fingerprint density at radius 2 is 2.21 bits per heavy atom. The molecule has 4 heteroatoms. The molecule has 2 aromatic rings. The largest absolute Gasteiger partial charge is 0.341 e. The van der Waals surface area contributed by atoms with Crippen molar-refractivity contribution in [2.24, 2.45) is 5.73 Å². The minimum Gasteiger partial charge on any atom is -0.341 e. The first kappa shape index (κ1) is 9.15. The van der Waals surface area contributed by atoms with E-state index in [1.54, 1.807) is 0 Å². The van der Waals surface area contributed by atoms with Gasteiger partial charge in [-0.1, -0.05) is 0 Å². The van der Waals surface area contributed by atoms with Gasteiger partial charge in [0.1, 0.15) is 11.6 Å². The number of aromatic nitrogens is 2. The maximum atomic E-state index is 13.0. The average Bonchev–Trinajstić information content (AvgIpc) is 2.47. The number of benzene rings is 1. The zero-order valence-corrected chi connectivity index (χ0v) is 8.13. The Bertz CT molecular complexity index is 473. The smallest absolute Gasteiger partial charge is 0.125 e. The molecule has 1 aromatic carbocycles. The summed E-state index contributed by atoms with van der Waals surface area (Å²) >= 11 is 0. The SMILES string of the molecule is Cc1cc(F)cc2[nH]c([C@@H](C)N)nc12. The van der Waals surface area contributed by atoms with Gasteiger partial charge in [-0.2, -0.15) is 0 Å². The van der Waals surface area contributed by atoms with Crippen molar-refractivity contribution in [3.63, 3.8) is 0 Å². The Hall–Kier alpha value is -1.42. The van der Waals surface area contributed by atoms with E-state index in [4.69, 9.17) is 5.73 Å². The average molecular weight is 193 g/mol. The summed E-state index contributed by atoms with van der Waals surface area (Å²) in [4.78, 5) is 7.31. The van der Waals surface area contributed by atoms with Gasteiger partial charge in [0, 0.05) is 0 Å². The van der Waals surface area contributed by atoms with Gasteiger partial charge in [0.2, 0.25) is 0 Å². The van der Waals surface area contributed by atoms with Gasteiger partial charge in [-0.3, -0.25) is 0 Å². The van der Waals surface area contributed by atoms with Gasteiger partial charge in [-0.05, 0) is 31.5 Å². The van der Waals surface area contributed by atoms with Gasteiger partial charge in [0.05, 0.1) is 17.1 Å². The highest BCUT2D eigenvalue weighted by atomic mass is 19.1. The molecule has 0 radical (unpaired) electrons. The van der Waals surface area contributed by atoms with Crippen molar-refractivity contribution in [3.05, 3.63) is 29.3 Å². The number of aryl methyl sites for hydroxylation is 1.